The Hall–Kier alpha value is -2.33. The molecule has 148 valence electrons. The normalized spacial score (nSPS) is 24.6. The smallest absolute Gasteiger partial charge is 0.319 e. The van der Waals surface area contributed by atoms with Gasteiger partial charge < -0.3 is 10.6 Å². The molecular formula is C24H31N3O. The van der Waals surface area contributed by atoms with E-state index in [0.29, 0.717) is 12.1 Å². The molecule has 2 amide bonds. The van der Waals surface area contributed by atoms with Crippen LogP contribution in [0.25, 0.3) is 0 Å². The van der Waals surface area contributed by atoms with Crippen molar-refractivity contribution in [1.29, 1.82) is 0 Å². The fourth-order valence-electron chi connectivity index (χ4n) is 4.82. The van der Waals surface area contributed by atoms with Crippen molar-refractivity contribution in [3.8, 4) is 0 Å². The Bertz CT molecular complexity index is 803. The number of aryl methyl sites for hydroxylation is 2. The van der Waals surface area contributed by atoms with Gasteiger partial charge in [0.05, 0.1) is 0 Å². The van der Waals surface area contributed by atoms with Crippen LogP contribution in [0.5, 0.6) is 0 Å². The number of nitrogens with one attached hydrogen (secondary N) is 2. The van der Waals surface area contributed by atoms with Gasteiger partial charge in [0.15, 0.2) is 0 Å². The Morgan fingerprint density at radius 3 is 2.36 bits per heavy atom. The summed E-state index contributed by atoms with van der Waals surface area (Å²) in [6, 6.07) is 18.1. The first kappa shape index (κ1) is 19.0. The Kier molecular flexibility index (Phi) is 5.67. The number of fused-ring (bicyclic) bond motifs is 2. The van der Waals surface area contributed by atoms with E-state index in [1.165, 1.54) is 30.4 Å². The van der Waals surface area contributed by atoms with Crippen molar-refractivity contribution in [2.24, 2.45) is 0 Å². The monoisotopic (exact) mass is 377 g/mol. The first-order chi connectivity index (χ1) is 13.6. The highest BCUT2D eigenvalue weighted by Gasteiger charge is 2.38. The summed E-state index contributed by atoms with van der Waals surface area (Å²) in [4.78, 5) is 15.2. The maximum atomic E-state index is 12.5. The molecule has 0 aromatic heterocycles. The van der Waals surface area contributed by atoms with Crippen LogP contribution >= 0.6 is 0 Å². The van der Waals surface area contributed by atoms with E-state index in [1.807, 2.05) is 31.2 Å². The number of carbonyl (C=O) groups excluding carboxylic acids is 1. The number of carbonyl (C=O) groups is 1. The number of piperidine rings is 2. The van der Waals surface area contributed by atoms with Gasteiger partial charge in [-0.15, -0.1) is 0 Å². The van der Waals surface area contributed by atoms with Crippen LogP contribution in [0.2, 0.25) is 0 Å². The number of amides is 2. The summed E-state index contributed by atoms with van der Waals surface area (Å²) < 4.78 is 0. The summed E-state index contributed by atoms with van der Waals surface area (Å²) >= 11 is 0. The van der Waals surface area contributed by atoms with E-state index in [1.54, 1.807) is 0 Å². The van der Waals surface area contributed by atoms with Crippen LogP contribution < -0.4 is 10.6 Å². The zero-order valence-corrected chi connectivity index (χ0v) is 16.9. The number of urea groups is 1. The van der Waals surface area contributed by atoms with Crippen molar-refractivity contribution in [2.75, 3.05) is 5.32 Å². The Morgan fingerprint density at radius 2 is 1.68 bits per heavy atom. The maximum Gasteiger partial charge on any atom is 0.319 e. The molecule has 2 bridgehead atoms. The molecule has 2 heterocycles. The van der Waals surface area contributed by atoms with Gasteiger partial charge in [0.1, 0.15) is 0 Å². The average Bonchev–Trinajstić information content (AvgIpc) is 2.66. The standard InChI is InChI=1S/C24H31N3O/c1-17-10-12-19(13-11-17)16-27-21-7-5-8-22(27)15-20(14-21)25-24(28)26-23-9-4-3-6-18(23)2/h3-4,6,9-13,20-22H,5,7-8,14-16H2,1-2H3,(H2,25,26,28)/t20?,21-,22+. The summed E-state index contributed by atoms with van der Waals surface area (Å²) in [5.41, 5.74) is 4.68. The summed E-state index contributed by atoms with van der Waals surface area (Å²) in [6.07, 6.45) is 5.87. The molecule has 3 atom stereocenters. The van der Waals surface area contributed by atoms with E-state index >= 15 is 0 Å². The molecule has 2 saturated heterocycles. The van der Waals surface area contributed by atoms with Crippen molar-refractivity contribution in [1.82, 2.24) is 10.2 Å². The van der Waals surface area contributed by atoms with Crippen molar-refractivity contribution in [3.63, 3.8) is 0 Å². The lowest BCUT2D eigenvalue weighted by molar-refractivity contribution is 0.0200. The Balaban J connectivity index is 1.37. The van der Waals surface area contributed by atoms with Crippen LogP contribution in [0.15, 0.2) is 48.5 Å². The lowest BCUT2D eigenvalue weighted by Gasteiger charge is -2.49. The number of benzene rings is 2. The minimum atomic E-state index is -0.0793. The lowest BCUT2D eigenvalue weighted by Crippen LogP contribution is -2.56. The van der Waals surface area contributed by atoms with E-state index in [4.69, 9.17) is 0 Å². The average molecular weight is 378 g/mol. The topological polar surface area (TPSA) is 44.4 Å². The molecule has 2 N–H and O–H groups in total. The number of anilines is 1. The number of hydrogen-bond acceptors (Lipinski definition) is 2. The highest BCUT2D eigenvalue weighted by atomic mass is 16.2. The van der Waals surface area contributed by atoms with Gasteiger partial charge in [0.25, 0.3) is 0 Å². The van der Waals surface area contributed by atoms with Gasteiger partial charge in [-0.25, -0.2) is 4.79 Å². The van der Waals surface area contributed by atoms with E-state index in [0.717, 1.165) is 30.6 Å². The second-order valence-corrected chi connectivity index (χ2v) is 8.48. The highest BCUT2D eigenvalue weighted by Crippen LogP contribution is 2.35. The van der Waals surface area contributed by atoms with Crippen molar-refractivity contribution in [3.05, 3.63) is 65.2 Å². The predicted molar refractivity (Wildman–Crippen MR) is 115 cm³/mol. The van der Waals surface area contributed by atoms with Crippen LogP contribution in [0.3, 0.4) is 0 Å². The van der Waals surface area contributed by atoms with E-state index in [2.05, 4.69) is 46.7 Å². The molecule has 4 rings (SSSR count). The summed E-state index contributed by atoms with van der Waals surface area (Å²) in [6.45, 7) is 5.18. The number of nitrogens with zero attached hydrogens (tertiary/aromatic N) is 1. The fraction of sp³-hybridized carbons (Fsp3) is 0.458. The number of rotatable bonds is 4. The summed E-state index contributed by atoms with van der Waals surface area (Å²) in [5.74, 6) is 0. The molecule has 28 heavy (non-hydrogen) atoms. The van der Waals surface area contributed by atoms with Crippen LogP contribution in [0.4, 0.5) is 10.5 Å². The van der Waals surface area contributed by atoms with Crippen molar-refractivity contribution >= 4 is 11.7 Å². The molecule has 4 nitrogen and oxygen atoms in total. The molecule has 4 heteroatoms. The van der Waals surface area contributed by atoms with E-state index < -0.39 is 0 Å². The third kappa shape index (κ3) is 4.39. The van der Waals surface area contributed by atoms with Crippen LogP contribution in [-0.2, 0) is 6.54 Å². The molecule has 0 saturated carbocycles. The van der Waals surface area contributed by atoms with Gasteiger partial charge >= 0.3 is 6.03 Å². The van der Waals surface area contributed by atoms with E-state index in [-0.39, 0.29) is 12.1 Å². The molecule has 0 aliphatic carbocycles. The van der Waals surface area contributed by atoms with Crippen molar-refractivity contribution in [2.45, 2.75) is 70.6 Å². The second-order valence-electron chi connectivity index (χ2n) is 8.48. The molecule has 0 spiro atoms. The largest absolute Gasteiger partial charge is 0.335 e. The zero-order valence-electron chi connectivity index (χ0n) is 16.9. The van der Waals surface area contributed by atoms with Gasteiger partial charge in [-0.1, -0.05) is 54.4 Å². The molecule has 2 fully saturated rings. The first-order valence-corrected chi connectivity index (χ1v) is 10.5. The zero-order chi connectivity index (χ0) is 19.5. The third-order valence-electron chi connectivity index (χ3n) is 6.34. The van der Waals surface area contributed by atoms with Crippen LogP contribution in [0.1, 0.15) is 48.8 Å². The fourth-order valence-corrected chi connectivity index (χ4v) is 4.82. The molecular weight excluding hydrogens is 346 g/mol. The molecule has 1 unspecified atom stereocenters. The number of hydrogen-bond donors (Lipinski definition) is 2. The van der Waals surface area contributed by atoms with Gasteiger partial charge in [-0.05, 0) is 56.7 Å². The van der Waals surface area contributed by atoms with Crippen molar-refractivity contribution < 1.29 is 4.79 Å². The molecule has 2 aliphatic rings. The first-order valence-electron chi connectivity index (χ1n) is 10.5. The minimum absolute atomic E-state index is 0.0793. The summed E-state index contributed by atoms with van der Waals surface area (Å²) in [7, 11) is 0. The van der Waals surface area contributed by atoms with Crippen LogP contribution in [0, 0.1) is 13.8 Å². The van der Waals surface area contributed by atoms with Crippen LogP contribution in [-0.4, -0.2) is 29.1 Å². The van der Waals surface area contributed by atoms with E-state index in [9.17, 15) is 4.79 Å². The SMILES string of the molecule is Cc1ccc(CN2[C@@H]3CCC[C@H]2CC(NC(=O)Nc2ccccc2C)C3)cc1. The molecule has 2 aromatic carbocycles. The van der Waals surface area contributed by atoms with Gasteiger partial charge in [0.2, 0.25) is 0 Å². The molecule has 2 aromatic rings. The summed E-state index contributed by atoms with van der Waals surface area (Å²) in [5, 5.41) is 6.25. The number of para-hydroxylation sites is 1. The molecule has 0 radical (unpaired) electrons. The third-order valence-corrected chi connectivity index (χ3v) is 6.34. The van der Waals surface area contributed by atoms with Gasteiger partial charge in [-0.3, -0.25) is 4.90 Å². The predicted octanol–water partition coefficient (Wildman–Crippen LogP) is 5.01. The second kappa shape index (κ2) is 8.36. The van der Waals surface area contributed by atoms with Gasteiger partial charge in [-0.2, -0.15) is 0 Å². The quantitative estimate of drug-likeness (QED) is 0.786. The lowest BCUT2D eigenvalue weighted by atomic mass is 9.81. The maximum absolute atomic E-state index is 12.5. The van der Waals surface area contributed by atoms with Gasteiger partial charge in [0, 0.05) is 30.4 Å². The minimum Gasteiger partial charge on any atom is -0.335 e. The molecule has 2 aliphatic heterocycles. The Labute approximate surface area is 168 Å². The highest BCUT2D eigenvalue weighted by molar-refractivity contribution is 5.90. The Morgan fingerprint density at radius 1 is 1.00 bits per heavy atom.